The smallest absolute Gasteiger partial charge is 0.325 e. The van der Waals surface area contributed by atoms with Gasteiger partial charge in [0.25, 0.3) is 0 Å². The largest absolute Gasteiger partial charge is 0.461 e. The molecule has 2 aromatic rings. The maximum Gasteiger partial charge on any atom is 0.325 e. The van der Waals surface area contributed by atoms with Crippen molar-refractivity contribution in [2.75, 3.05) is 39.3 Å². The minimum atomic E-state index is -0.858. The molecule has 8 fully saturated rings. The minimum absolute atomic E-state index is 0.0812. The van der Waals surface area contributed by atoms with E-state index in [4.69, 9.17) is 62.8 Å². The molecule has 0 radical (unpaired) electrons. The van der Waals surface area contributed by atoms with Crippen molar-refractivity contribution in [2.24, 2.45) is 163 Å². The van der Waals surface area contributed by atoms with Gasteiger partial charge in [0.05, 0.1) is 61.7 Å². The van der Waals surface area contributed by atoms with E-state index in [1.807, 2.05) is 83.1 Å². The van der Waals surface area contributed by atoms with Gasteiger partial charge in [-0.1, -0.05) is 135 Å². The van der Waals surface area contributed by atoms with Crippen LogP contribution in [0.5, 0.6) is 0 Å². The van der Waals surface area contributed by atoms with Crippen molar-refractivity contribution < 1.29 is 95.5 Å². The van der Waals surface area contributed by atoms with Crippen LogP contribution in [0.25, 0.3) is 0 Å². The first kappa shape index (κ1) is 113. The number of amides is 8. The van der Waals surface area contributed by atoms with Crippen molar-refractivity contribution in [1.29, 1.82) is 0 Å². The van der Waals surface area contributed by atoms with Crippen LogP contribution in [-0.4, -0.2) is 225 Å². The average Bonchev–Trinajstić information content (AvgIpc) is 1.43. The SMILES string of the molecule is CC(C)C(N)C(=O)NCC(=O)O[C@@H]1CC[C@@]2(C)[C@@H](C1)C[C@@H](OC(=O)CNC(=O)C(N)C(C)C)[C@@H]1[C@@H]2C[C@H](OC(=O)CNC(=O)C(N)C(C)C)[C@]2(C)[C@@H]([C@H](C)CCC(=O)NCc3cn(CCCCn4cc(CNC(=O)CC[C@@H](C)[C@H]5CC[C@H]6[C@@H]7[C@H](OC(=O)CNC(=O)C(N)C(C)C)C[C@@H]8C[C@H](OC(=O)CNC(=O)C(N)C(C)C)CC[C@]8(C)[C@H]7C[C@H](OC(=O)CNC(=O)C(N)C(C)C)[C@]56C)nn4)nn3)CC[C@@H]12. The lowest BCUT2D eigenvalue weighted by Crippen LogP contribution is -2.64. The molecule has 8 aliphatic rings. The molecular formula is C100H166N20O20. The summed E-state index contributed by atoms with van der Waals surface area (Å²) in [6.45, 7) is 33.7. The number of aromatic nitrogens is 6. The van der Waals surface area contributed by atoms with Crippen molar-refractivity contribution in [3.63, 3.8) is 0 Å². The third kappa shape index (κ3) is 27.6. The van der Waals surface area contributed by atoms with Gasteiger partial charge < -0.3 is 105 Å². The number of nitrogens with zero attached hydrogens (tertiary/aromatic N) is 6. The molecule has 8 amide bonds. The van der Waals surface area contributed by atoms with Crippen molar-refractivity contribution in [3.05, 3.63) is 23.8 Å². The lowest BCUT2D eigenvalue weighted by molar-refractivity contribution is -0.226. The summed E-state index contributed by atoms with van der Waals surface area (Å²) in [6.07, 6.45) is 10.1. The second kappa shape index (κ2) is 49.3. The lowest BCUT2D eigenvalue weighted by Gasteiger charge is -2.64. The monoisotopic (exact) mass is 1970 g/mol. The standard InChI is InChI=1S/C100H166N20O20/c1-51(2)85(101)91(129)109-43-77(123)135-63-29-31-97(15)59(35-63)37-71(137-79(125)45-111-93(131)87(103)53(5)6)83-67-25-23-65(99(67,17)73(39-69(83)97)139-81(127)47-113-95(133)89(105)55(9)10)57(13)21-27-75(121)107-41-61-49-119(117-115-61)33-19-20-34-120-50-62(116-118-120)42-108-76(122)28-22-58(14)66-24-26-68-84-70(40-74(100(66,68)18)140-82(128)48-114-96(134)90(106)56(11)12)98(16)32-30-64(136-78(124)44-110-92(130)86(102)52(3)4)36-60(98)38-72(84)138-80(126)46-112-94(132)88(104)54(7)8/h49-60,63-74,83-90H,19-48,101-106H2,1-18H3,(H,107,121)(H,108,122)(H,109,129)(H,110,130)(H,111,131)(H,112,132)(H,113,133)(H,114,134)/t57-,58-,59+,60+,63-,64-,65-,66-,67+,68+,69+,70+,71-,72-,73+,74+,83+,84+,85?,86?,87?,88?,89?,90?,97+,98+,99-,100-/m1/s1. The minimum Gasteiger partial charge on any atom is -0.461 e. The normalized spacial score (nSPS) is 30.0. The number of hydrogen-bond donors (Lipinski definition) is 14. The van der Waals surface area contributed by atoms with Crippen molar-refractivity contribution >= 4 is 83.1 Å². The number of carbonyl (C=O) groups is 14. The fourth-order valence-electron chi connectivity index (χ4n) is 25.0. The number of ether oxygens (including phenoxy) is 6. The summed E-state index contributed by atoms with van der Waals surface area (Å²) in [5, 5.41) is 39.5. The molecule has 0 spiro atoms. The molecule has 2 aromatic heterocycles. The van der Waals surface area contributed by atoms with Crippen molar-refractivity contribution in [2.45, 2.75) is 352 Å². The second-order valence-corrected chi connectivity index (χ2v) is 45.0. The van der Waals surface area contributed by atoms with Crippen LogP contribution in [0.3, 0.4) is 0 Å². The number of nitrogens with two attached hydrogens (primary N) is 6. The number of fused-ring (bicyclic) bond motifs is 10. The molecule has 8 aliphatic carbocycles. The Balaban J connectivity index is 0.732. The average molecular weight is 1970 g/mol. The molecule has 20 N–H and O–H groups in total. The third-order valence-electron chi connectivity index (χ3n) is 33.9. The van der Waals surface area contributed by atoms with Gasteiger partial charge in [0, 0.05) is 48.6 Å². The zero-order chi connectivity index (χ0) is 103. The van der Waals surface area contributed by atoms with Gasteiger partial charge in [-0.25, -0.2) is 0 Å². The summed E-state index contributed by atoms with van der Waals surface area (Å²) in [5.41, 5.74) is 35.7. The molecule has 40 nitrogen and oxygen atoms in total. The Hall–Kier alpha value is -9.38. The summed E-state index contributed by atoms with van der Waals surface area (Å²) in [7, 11) is 0. The predicted octanol–water partition coefficient (Wildman–Crippen LogP) is 4.24. The first-order valence-corrected chi connectivity index (χ1v) is 51.6. The van der Waals surface area contributed by atoms with E-state index >= 15 is 0 Å². The van der Waals surface area contributed by atoms with E-state index < -0.39 is 192 Å². The van der Waals surface area contributed by atoms with Crippen LogP contribution in [0, 0.1) is 128 Å². The molecule has 786 valence electrons. The highest BCUT2D eigenvalue weighted by molar-refractivity contribution is 5.89. The highest BCUT2D eigenvalue weighted by atomic mass is 16.6. The van der Waals surface area contributed by atoms with Gasteiger partial charge in [0.15, 0.2) is 0 Å². The van der Waals surface area contributed by atoms with Crippen LogP contribution in [-0.2, 0) is 122 Å². The Labute approximate surface area is 824 Å². The molecule has 40 heteroatoms. The molecule has 0 aromatic carbocycles. The van der Waals surface area contributed by atoms with Gasteiger partial charge in [-0.3, -0.25) is 76.5 Å². The van der Waals surface area contributed by atoms with E-state index in [9.17, 15) is 67.1 Å². The number of unbranched alkanes of at least 4 members (excludes halogenated alkanes) is 1. The van der Waals surface area contributed by atoms with E-state index in [0.717, 1.165) is 0 Å². The fraction of sp³-hybridized carbons (Fsp3) is 0.820. The molecular weight excluding hydrogens is 1800 g/mol. The zero-order valence-corrected chi connectivity index (χ0v) is 86.0. The molecule has 0 saturated heterocycles. The molecule has 2 heterocycles. The van der Waals surface area contributed by atoms with Gasteiger partial charge in [0.2, 0.25) is 47.3 Å². The number of aryl methyl sites for hydroxylation is 2. The van der Waals surface area contributed by atoms with Gasteiger partial charge in [-0.2, -0.15) is 0 Å². The molecule has 8 saturated carbocycles. The van der Waals surface area contributed by atoms with E-state index in [2.05, 4.69) is 105 Å². The molecule has 6 unspecified atom stereocenters. The summed E-state index contributed by atoms with van der Waals surface area (Å²) >= 11 is 0. The highest BCUT2D eigenvalue weighted by Crippen LogP contribution is 2.72. The number of rotatable bonds is 47. The Morgan fingerprint density at radius 3 is 0.921 bits per heavy atom. The summed E-state index contributed by atoms with van der Waals surface area (Å²) < 4.78 is 42.1. The van der Waals surface area contributed by atoms with Gasteiger partial charge in [-0.15, -0.1) is 10.2 Å². The van der Waals surface area contributed by atoms with Crippen LogP contribution >= 0.6 is 0 Å². The number of nitrogens with one attached hydrogen (secondary N) is 8. The highest BCUT2D eigenvalue weighted by Gasteiger charge is 2.70. The van der Waals surface area contributed by atoms with Gasteiger partial charge in [-0.05, 0) is 221 Å². The van der Waals surface area contributed by atoms with E-state index in [0.29, 0.717) is 140 Å². The van der Waals surface area contributed by atoms with Crippen LogP contribution < -0.4 is 76.9 Å². The van der Waals surface area contributed by atoms with Crippen LogP contribution in [0.15, 0.2) is 12.4 Å². The summed E-state index contributed by atoms with van der Waals surface area (Å²) in [6, 6.07) is -5.04. The van der Waals surface area contributed by atoms with Crippen LogP contribution in [0.2, 0.25) is 0 Å². The number of hydrogen-bond acceptors (Lipinski definition) is 30. The third-order valence-corrected chi connectivity index (χ3v) is 33.9. The second-order valence-electron chi connectivity index (χ2n) is 45.0. The lowest BCUT2D eigenvalue weighted by atomic mass is 9.43. The molecule has 0 aliphatic heterocycles. The zero-order valence-electron chi connectivity index (χ0n) is 86.0. The van der Waals surface area contributed by atoms with Gasteiger partial charge in [0.1, 0.15) is 87.3 Å². The van der Waals surface area contributed by atoms with E-state index in [-0.39, 0.29) is 157 Å². The molecule has 140 heavy (non-hydrogen) atoms. The Morgan fingerprint density at radius 1 is 0.357 bits per heavy atom. The maximum absolute atomic E-state index is 14.3. The van der Waals surface area contributed by atoms with Crippen molar-refractivity contribution in [1.82, 2.24) is 72.5 Å². The molecule has 0 bridgehead atoms. The van der Waals surface area contributed by atoms with Crippen LogP contribution in [0.4, 0.5) is 0 Å². The Morgan fingerprint density at radius 2 is 0.636 bits per heavy atom. The molecule has 28 atom stereocenters. The summed E-state index contributed by atoms with van der Waals surface area (Å²) in [4.78, 5) is 190. The van der Waals surface area contributed by atoms with Crippen LogP contribution in [0.1, 0.15) is 264 Å². The number of esters is 6. The fourth-order valence-corrected chi connectivity index (χ4v) is 25.0. The van der Waals surface area contributed by atoms with Gasteiger partial charge >= 0.3 is 35.8 Å². The topological polar surface area (TPSA) is 608 Å². The number of carbonyl (C=O) groups excluding carboxylic acids is 14. The first-order valence-electron chi connectivity index (χ1n) is 51.6. The van der Waals surface area contributed by atoms with E-state index in [1.165, 1.54) is 0 Å². The molecule has 10 rings (SSSR count). The predicted molar refractivity (Wildman–Crippen MR) is 516 cm³/mol. The summed E-state index contributed by atoms with van der Waals surface area (Å²) in [5.74, 6) is -9.94. The van der Waals surface area contributed by atoms with E-state index in [1.54, 1.807) is 21.8 Å². The van der Waals surface area contributed by atoms with Crippen molar-refractivity contribution in [3.8, 4) is 0 Å². The Kier molecular flexibility index (Phi) is 39.6. The quantitative estimate of drug-likeness (QED) is 0.0250. The first-order chi connectivity index (χ1) is 65.9. The Bertz CT molecular complexity index is 4340. The maximum atomic E-state index is 14.3.